The summed E-state index contributed by atoms with van der Waals surface area (Å²) in [7, 11) is 0. The van der Waals surface area contributed by atoms with Crippen LogP contribution in [0.5, 0.6) is 5.75 Å². The molecule has 0 amide bonds. The summed E-state index contributed by atoms with van der Waals surface area (Å²) in [5, 5.41) is 7.53. The van der Waals surface area contributed by atoms with E-state index in [4.69, 9.17) is 0 Å². The van der Waals surface area contributed by atoms with Gasteiger partial charge in [-0.25, -0.2) is 4.68 Å². The highest BCUT2D eigenvalue weighted by molar-refractivity contribution is 5.77. The van der Waals surface area contributed by atoms with Crippen LogP contribution in [0, 0.1) is 6.92 Å². The Bertz CT molecular complexity index is 933. The van der Waals surface area contributed by atoms with Crippen LogP contribution >= 0.6 is 0 Å². The van der Waals surface area contributed by atoms with Crippen LogP contribution in [0.3, 0.4) is 0 Å². The van der Waals surface area contributed by atoms with Crippen molar-refractivity contribution in [3.8, 4) is 5.75 Å². The molecule has 0 bridgehead atoms. The summed E-state index contributed by atoms with van der Waals surface area (Å²) in [5.41, 5.74) is 3.94. The monoisotopic (exact) mass is 354 g/mol. The summed E-state index contributed by atoms with van der Waals surface area (Å²) in [5.74, 6) is 0.749. The average molecular weight is 354 g/mol. The Morgan fingerprint density at radius 3 is 2.50 bits per heavy atom. The van der Waals surface area contributed by atoms with E-state index < -0.39 is 6.61 Å². The normalized spacial score (nSPS) is 16.0. The Kier molecular flexibility index (Phi) is 4.12. The van der Waals surface area contributed by atoms with E-state index in [1.54, 1.807) is 12.1 Å². The lowest BCUT2D eigenvalue weighted by Gasteiger charge is -2.24. The van der Waals surface area contributed by atoms with Gasteiger partial charge in [-0.05, 0) is 48.4 Å². The molecular formula is C19H16F2N4O. The highest BCUT2D eigenvalue weighted by atomic mass is 19.3. The number of hydrogen-bond donors (Lipinski definition) is 1. The molecule has 1 aliphatic rings. The van der Waals surface area contributed by atoms with Crippen LogP contribution in [-0.4, -0.2) is 21.4 Å². The second-order valence-electron chi connectivity index (χ2n) is 5.99. The molecule has 3 aromatic rings. The molecule has 132 valence electrons. The molecule has 5 nitrogen and oxygen atoms in total. The molecule has 1 N–H and O–H groups in total. The number of benzene rings is 2. The lowest BCUT2D eigenvalue weighted by molar-refractivity contribution is -0.0498. The van der Waals surface area contributed by atoms with Gasteiger partial charge in [0.15, 0.2) is 0 Å². The number of aryl methyl sites for hydroxylation is 1. The number of ether oxygens (including phenoxy) is 1. The number of allylic oxidation sites excluding steroid dienone is 1. The number of nitrogens with one attached hydrogen (secondary N) is 1. The fourth-order valence-corrected chi connectivity index (χ4v) is 2.92. The van der Waals surface area contributed by atoms with Crippen molar-refractivity contribution in [1.82, 2.24) is 14.8 Å². The molecule has 0 radical (unpaired) electrons. The molecule has 0 spiro atoms. The number of alkyl halides is 2. The lowest BCUT2D eigenvalue weighted by atomic mass is 10.0. The molecule has 1 atom stereocenters. The van der Waals surface area contributed by atoms with Gasteiger partial charge in [-0.1, -0.05) is 29.8 Å². The zero-order valence-corrected chi connectivity index (χ0v) is 13.9. The molecule has 0 aliphatic carbocycles. The molecule has 0 fully saturated rings. The number of aromatic nitrogens is 3. The molecule has 2 heterocycles. The predicted molar refractivity (Wildman–Crippen MR) is 94.0 cm³/mol. The molecule has 1 aromatic heterocycles. The maximum atomic E-state index is 12.3. The first-order valence-electron chi connectivity index (χ1n) is 8.10. The van der Waals surface area contributed by atoms with Crippen molar-refractivity contribution in [2.24, 2.45) is 0 Å². The smallest absolute Gasteiger partial charge is 0.387 e. The SMILES string of the molecule is Cc1ccc(C2C=C(c3ccc(OC(F)F)cc3)Nc3ncnn32)cc1. The summed E-state index contributed by atoms with van der Waals surface area (Å²) in [4.78, 5) is 4.26. The summed E-state index contributed by atoms with van der Waals surface area (Å²) < 4.78 is 30.8. The Morgan fingerprint density at radius 1 is 1.08 bits per heavy atom. The molecule has 26 heavy (non-hydrogen) atoms. The van der Waals surface area contributed by atoms with E-state index in [0.717, 1.165) is 16.8 Å². The lowest BCUT2D eigenvalue weighted by Crippen LogP contribution is -2.20. The predicted octanol–water partition coefficient (Wildman–Crippen LogP) is 4.24. The number of nitrogens with zero attached hydrogens (tertiary/aromatic N) is 3. The van der Waals surface area contributed by atoms with Crippen molar-refractivity contribution in [2.45, 2.75) is 19.6 Å². The zero-order valence-electron chi connectivity index (χ0n) is 13.9. The van der Waals surface area contributed by atoms with Crippen molar-refractivity contribution in [3.05, 3.63) is 77.6 Å². The van der Waals surface area contributed by atoms with Gasteiger partial charge in [0.2, 0.25) is 5.95 Å². The van der Waals surface area contributed by atoms with E-state index in [2.05, 4.69) is 44.4 Å². The second kappa shape index (κ2) is 6.59. The summed E-state index contributed by atoms with van der Waals surface area (Å²) >= 11 is 0. The zero-order chi connectivity index (χ0) is 18.1. The van der Waals surface area contributed by atoms with E-state index >= 15 is 0 Å². The Morgan fingerprint density at radius 2 is 1.81 bits per heavy atom. The average Bonchev–Trinajstić information content (AvgIpc) is 3.10. The quantitative estimate of drug-likeness (QED) is 0.761. The van der Waals surface area contributed by atoms with Gasteiger partial charge in [-0.15, -0.1) is 0 Å². The molecular weight excluding hydrogens is 338 g/mol. The minimum Gasteiger partial charge on any atom is -0.435 e. The molecule has 0 saturated heterocycles. The Balaban J connectivity index is 1.69. The number of rotatable bonds is 4. The van der Waals surface area contributed by atoms with Gasteiger partial charge >= 0.3 is 6.61 Å². The summed E-state index contributed by atoms with van der Waals surface area (Å²) in [6, 6.07) is 14.6. The first-order valence-corrected chi connectivity index (χ1v) is 8.10. The third-order valence-electron chi connectivity index (χ3n) is 4.22. The highest BCUT2D eigenvalue weighted by Gasteiger charge is 2.23. The fourth-order valence-electron chi connectivity index (χ4n) is 2.92. The van der Waals surface area contributed by atoms with Crippen LogP contribution in [0.4, 0.5) is 14.7 Å². The van der Waals surface area contributed by atoms with Crippen LogP contribution in [0.1, 0.15) is 22.7 Å². The molecule has 2 aromatic carbocycles. The third-order valence-corrected chi connectivity index (χ3v) is 4.22. The minimum atomic E-state index is -2.84. The van der Waals surface area contributed by atoms with Crippen molar-refractivity contribution in [1.29, 1.82) is 0 Å². The molecule has 1 aliphatic heterocycles. The largest absolute Gasteiger partial charge is 0.435 e. The van der Waals surface area contributed by atoms with Gasteiger partial charge in [0.1, 0.15) is 18.1 Å². The van der Waals surface area contributed by atoms with Gasteiger partial charge in [0.05, 0.1) is 0 Å². The summed E-state index contributed by atoms with van der Waals surface area (Å²) in [6.45, 7) is -0.797. The third kappa shape index (κ3) is 3.15. The van der Waals surface area contributed by atoms with E-state index in [0.29, 0.717) is 5.95 Å². The molecule has 0 saturated carbocycles. The van der Waals surface area contributed by atoms with Crippen molar-refractivity contribution in [3.63, 3.8) is 0 Å². The van der Waals surface area contributed by atoms with E-state index in [1.165, 1.54) is 24.0 Å². The number of halogens is 2. The van der Waals surface area contributed by atoms with Crippen LogP contribution in [0.25, 0.3) is 5.70 Å². The Labute approximate surface area is 148 Å². The fraction of sp³-hybridized carbons (Fsp3) is 0.158. The number of hydrogen-bond acceptors (Lipinski definition) is 4. The maximum absolute atomic E-state index is 12.3. The number of anilines is 1. The summed E-state index contributed by atoms with van der Waals surface area (Å²) in [6.07, 6.45) is 3.54. The van der Waals surface area contributed by atoms with Crippen LogP contribution < -0.4 is 10.1 Å². The van der Waals surface area contributed by atoms with Crippen molar-refractivity contribution < 1.29 is 13.5 Å². The topological polar surface area (TPSA) is 52.0 Å². The first-order chi connectivity index (χ1) is 12.6. The van der Waals surface area contributed by atoms with Gasteiger partial charge in [0.25, 0.3) is 0 Å². The number of fused-ring (bicyclic) bond motifs is 1. The van der Waals surface area contributed by atoms with Gasteiger partial charge in [-0.2, -0.15) is 18.9 Å². The van der Waals surface area contributed by atoms with Crippen molar-refractivity contribution in [2.75, 3.05) is 5.32 Å². The van der Waals surface area contributed by atoms with E-state index in [1.807, 2.05) is 17.7 Å². The van der Waals surface area contributed by atoms with E-state index in [-0.39, 0.29) is 11.8 Å². The van der Waals surface area contributed by atoms with Crippen LogP contribution in [-0.2, 0) is 0 Å². The molecule has 7 heteroatoms. The van der Waals surface area contributed by atoms with Gasteiger partial charge in [-0.3, -0.25) is 0 Å². The Hall–Kier alpha value is -3.22. The van der Waals surface area contributed by atoms with Crippen LogP contribution in [0.15, 0.2) is 60.9 Å². The minimum absolute atomic E-state index is 0.110. The van der Waals surface area contributed by atoms with E-state index in [9.17, 15) is 8.78 Å². The van der Waals surface area contributed by atoms with Crippen LogP contribution in [0.2, 0.25) is 0 Å². The first kappa shape index (κ1) is 16.3. The maximum Gasteiger partial charge on any atom is 0.387 e. The standard InChI is InChI=1S/C19H16F2N4O/c1-12-2-4-14(5-3-12)17-10-16(24-19-22-11-23-25(17)19)13-6-8-15(9-7-13)26-18(20)21/h2-11,17-18H,1H3,(H,22,23,24). The van der Waals surface area contributed by atoms with Crippen molar-refractivity contribution >= 4 is 11.6 Å². The second-order valence-corrected chi connectivity index (χ2v) is 5.99. The molecule has 1 unspecified atom stereocenters. The van der Waals surface area contributed by atoms with Gasteiger partial charge in [0, 0.05) is 5.70 Å². The highest BCUT2D eigenvalue weighted by Crippen LogP contribution is 2.32. The van der Waals surface area contributed by atoms with Gasteiger partial charge < -0.3 is 10.1 Å². The molecule has 4 rings (SSSR count).